The second-order valence-electron chi connectivity index (χ2n) is 6.42. The lowest BCUT2D eigenvalue weighted by Gasteiger charge is -2.38. The summed E-state index contributed by atoms with van der Waals surface area (Å²) < 4.78 is 0. The van der Waals surface area contributed by atoms with Gasteiger partial charge in [-0.05, 0) is 50.5 Å². The summed E-state index contributed by atoms with van der Waals surface area (Å²) >= 11 is 1.49. The van der Waals surface area contributed by atoms with Crippen molar-refractivity contribution in [2.45, 2.75) is 45.1 Å². The molecule has 0 aliphatic carbocycles. The Morgan fingerprint density at radius 1 is 1.14 bits per heavy atom. The smallest absolute Gasteiger partial charge is 0.263 e. The van der Waals surface area contributed by atoms with E-state index >= 15 is 0 Å². The lowest BCUT2D eigenvalue weighted by Crippen LogP contribution is -2.48. The third-order valence-corrected chi connectivity index (χ3v) is 5.81. The SMILES string of the molecule is C[C@@H]1CCCCN1C(=O)C1CCN(C(=O)c2cccs2)CC1. The van der Waals surface area contributed by atoms with Crippen LogP contribution in [0.4, 0.5) is 0 Å². The first-order valence-electron chi connectivity index (χ1n) is 8.30. The number of hydrogen-bond donors (Lipinski definition) is 0. The molecule has 4 nitrogen and oxygen atoms in total. The van der Waals surface area contributed by atoms with Crippen LogP contribution in [0.25, 0.3) is 0 Å². The fraction of sp³-hybridized carbons (Fsp3) is 0.647. The molecule has 0 saturated carbocycles. The highest BCUT2D eigenvalue weighted by Gasteiger charge is 2.33. The van der Waals surface area contributed by atoms with Crippen LogP contribution in [0, 0.1) is 5.92 Å². The molecule has 0 aromatic carbocycles. The summed E-state index contributed by atoms with van der Waals surface area (Å²) in [7, 11) is 0. The summed E-state index contributed by atoms with van der Waals surface area (Å²) in [4.78, 5) is 29.8. The van der Waals surface area contributed by atoms with E-state index in [2.05, 4.69) is 11.8 Å². The van der Waals surface area contributed by atoms with Gasteiger partial charge in [0.05, 0.1) is 4.88 Å². The molecule has 0 radical (unpaired) electrons. The minimum Gasteiger partial charge on any atom is -0.340 e. The minimum absolute atomic E-state index is 0.105. The fourth-order valence-corrected chi connectivity index (χ4v) is 4.24. The van der Waals surface area contributed by atoms with Crippen molar-refractivity contribution in [2.24, 2.45) is 5.92 Å². The molecule has 3 rings (SSSR count). The summed E-state index contributed by atoms with van der Waals surface area (Å²) in [6.07, 6.45) is 5.10. The van der Waals surface area contributed by atoms with E-state index in [1.807, 2.05) is 22.4 Å². The molecule has 0 spiro atoms. The minimum atomic E-state index is 0.105. The van der Waals surface area contributed by atoms with Crippen molar-refractivity contribution in [1.29, 1.82) is 0 Å². The van der Waals surface area contributed by atoms with Crippen LogP contribution in [0.1, 0.15) is 48.7 Å². The molecule has 22 heavy (non-hydrogen) atoms. The summed E-state index contributed by atoms with van der Waals surface area (Å²) in [5, 5.41) is 1.93. The first-order chi connectivity index (χ1) is 10.7. The number of nitrogens with zero attached hydrogens (tertiary/aromatic N) is 2. The van der Waals surface area contributed by atoms with Gasteiger partial charge in [-0.25, -0.2) is 0 Å². The largest absolute Gasteiger partial charge is 0.340 e. The van der Waals surface area contributed by atoms with Crippen molar-refractivity contribution >= 4 is 23.2 Å². The Bertz CT molecular complexity index is 521. The Labute approximate surface area is 136 Å². The van der Waals surface area contributed by atoms with E-state index < -0.39 is 0 Å². The molecular formula is C17H24N2O2S. The van der Waals surface area contributed by atoms with Crippen LogP contribution < -0.4 is 0 Å². The first kappa shape index (κ1) is 15.5. The molecule has 0 N–H and O–H groups in total. The number of piperidine rings is 2. The summed E-state index contributed by atoms with van der Waals surface area (Å²) in [6.45, 7) is 4.48. The lowest BCUT2D eigenvalue weighted by atomic mass is 9.93. The molecule has 2 aliphatic heterocycles. The number of carbonyl (C=O) groups excluding carboxylic acids is 2. The maximum Gasteiger partial charge on any atom is 0.263 e. The zero-order chi connectivity index (χ0) is 15.5. The van der Waals surface area contributed by atoms with Crippen molar-refractivity contribution in [3.05, 3.63) is 22.4 Å². The van der Waals surface area contributed by atoms with E-state index in [4.69, 9.17) is 0 Å². The normalized spacial score (nSPS) is 23.6. The van der Waals surface area contributed by atoms with Gasteiger partial charge in [0.1, 0.15) is 0 Å². The third kappa shape index (κ3) is 3.19. The topological polar surface area (TPSA) is 40.6 Å². The molecule has 2 saturated heterocycles. The first-order valence-corrected chi connectivity index (χ1v) is 9.18. The highest BCUT2D eigenvalue weighted by Crippen LogP contribution is 2.25. The van der Waals surface area contributed by atoms with E-state index in [-0.39, 0.29) is 11.8 Å². The molecule has 2 aliphatic rings. The molecule has 0 unspecified atom stereocenters. The van der Waals surface area contributed by atoms with Crippen LogP contribution in [-0.4, -0.2) is 47.3 Å². The average molecular weight is 320 g/mol. The number of amides is 2. The fourth-order valence-electron chi connectivity index (χ4n) is 3.55. The Hall–Kier alpha value is -1.36. The van der Waals surface area contributed by atoms with Gasteiger partial charge in [-0.2, -0.15) is 0 Å². The van der Waals surface area contributed by atoms with Crippen LogP contribution in [0.15, 0.2) is 17.5 Å². The Kier molecular flexibility index (Phi) is 4.81. The second kappa shape index (κ2) is 6.82. The Morgan fingerprint density at radius 3 is 2.55 bits per heavy atom. The number of rotatable bonds is 2. The monoisotopic (exact) mass is 320 g/mol. The standard InChI is InChI=1S/C17H24N2O2S/c1-13-5-2-3-9-19(13)16(20)14-7-10-18(11-8-14)17(21)15-6-4-12-22-15/h4,6,12-14H,2-3,5,7-11H2,1H3/t13-/m1/s1. The molecule has 3 heterocycles. The Balaban J connectivity index is 1.55. The van der Waals surface area contributed by atoms with Crippen LogP contribution in [0.2, 0.25) is 0 Å². The van der Waals surface area contributed by atoms with Gasteiger partial charge in [-0.3, -0.25) is 9.59 Å². The third-order valence-electron chi connectivity index (χ3n) is 4.95. The average Bonchev–Trinajstić information content (AvgIpc) is 3.09. The van der Waals surface area contributed by atoms with Crippen molar-refractivity contribution in [1.82, 2.24) is 9.80 Å². The molecule has 2 fully saturated rings. The van der Waals surface area contributed by atoms with Crippen molar-refractivity contribution in [3.63, 3.8) is 0 Å². The van der Waals surface area contributed by atoms with Crippen molar-refractivity contribution < 1.29 is 9.59 Å². The zero-order valence-electron chi connectivity index (χ0n) is 13.2. The van der Waals surface area contributed by atoms with E-state index in [0.29, 0.717) is 25.0 Å². The predicted molar refractivity (Wildman–Crippen MR) is 88.0 cm³/mol. The predicted octanol–water partition coefficient (Wildman–Crippen LogP) is 3.00. The molecular weight excluding hydrogens is 296 g/mol. The summed E-state index contributed by atoms with van der Waals surface area (Å²) in [6, 6.07) is 4.16. The van der Waals surface area contributed by atoms with E-state index in [9.17, 15) is 9.59 Å². The van der Waals surface area contributed by atoms with Crippen LogP contribution in [0.3, 0.4) is 0 Å². The van der Waals surface area contributed by atoms with Gasteiger partial charge in [0.15, 0.2) is 0 Å². The molecule has 120 valence electrons. The zero-order valence-corrected chi connectivity index (χ0v) is 14.0. The van der Waals surface area contributed by atoms with Crippen LogP contribution >= 0.6 is 11.3 Å². The highest BCUT2D eigenvalue weighted by atomic mass is 32.1. The molecule has 1 aromatic heterocycles. The maximum atomic E-state index is 12.7. The van der Waals surface area contributed by atoms with Crippen LogP contribution in [0.5, 0.6) is 0 Å². The van der Waals surface area contributed by atoms with Crippen LogP contribution in [-0.2, 0) is 4.79 Å². The van der Waals surface area contributed by atoms with Gasteiger partial charge in [0.25, 0.3) is 5.91 Å². The van der Waals surface area contributed by atoms with Gasteiger partial charge in [0.2, 0.25) is 5.91 Å². The van der Waals surface area contributed by atoms with Crippen molar-refractivity contribution in [2.75, 3.05) is 19.6 Å². The number of carbonyl (C=O) groups is 2. The maximum absolute atomic E-state index is 12.7. The van der Waals surface area contributed by atoms with Gasteiger partial charge < -0.3 is 9.80 Å². The van der Waals surface area contributed by atoms with Gasteiger partial charge in [0, 0.05) is 31.6 Å². The molecule has 1 aromatic rings. The number of likely N-dealkylation sites (tertiary alicyclic amines) is 2. The van der Waals surface area contributed by atoms with E-state index in [0.717, 1.165) is 37.1 Å². The van der Waals surface area contributed by atoms with Crippen molar-refractivity contribution in [3.8, 4) is 0 Å². The molecule has 0 bridgehead atoms. The quantitative estimate of drug-likeness (QED) is 0.840. The summed E-state index contributed by atoms with van der Waals surface area (Å²) in [5.41, 5.74) is 0. The molecule has 2 amide bonds. The number of hydrogen-bond acceptors (Lipinski definition) is 3. The second-order valence-corrected chi connectivity index (χ2v) is 7.37. The van der Waals surface area contributed by atoms with Gasteiger partial charge >= 0.3 is 0 Å². The van der Waals surface area contributed by atoms with E-state index in [1.165, 1.54) is 17.8 Å². The Morgan fingerprint density at radius 2 is 1.91 bits per heavy atom. The van der Waals surface area contributed by atoms with E-state index in [1.54, 1.807) is 0 Å². The number of thiophene rings is 1. The molecule has 1 atom stereocenters. The molecule has 5 heteroatoms. The van der Waals surface area contributed by atoms with Gasteiger partial charge in [-0.1, -0.05) is 6.07 Å². The lowest BCUT2D eigenvalue weighted by molar-refractivity contribution is -0.140. The summed E-state index contributed by atoms with van der Waals surface area (Å²) in [5.74, 6) is 0.538. The van der Waals surface area contributed by atoms with Gasteiger partial charge in [-0.15, -0.1) is 11.3 Å². The highest BCUT2D eigenvalue weighted by molar-refractivity contribution is 7.12.